The fraction of sp³-hybridized carbons (Fsp3) is 0.346. The van der Waals surface area contributed by atoms with Crippen LogP contribution in [0, 0.1) is 0 Å². The number of aliphatic carboxylic acids is 1. The van der Waals surface area contributed by atoms with Gasteiger partial charge in [-0.2, -0.15) is 12.6 Å². The standard InChI is InChI=1S/C26H33N5O7S/c27-18(10-11-22(28)33)23(34)31-21(14-39)25(36)29-19(12-15-4-2-1-3-5-15)24(35)30-20(26(37)38)13-16-6-8-17(32)9-7-16/h1-9,18-21,32,39H,10-14,27H2,(H2,28,33)(H,29,36)(H,30,35)(H,31,34)(H,37,38). The number of phenols is 1. The minimum absolute atomic E-state index is 0.0139. The number of carbonyl (C=O) groups is 5. The predicted octanol–water partition coefficient (Wildman–Crippen LogP) is -0.761. The van der Waals surface area contributed by atoms with Gasteiger partial charge in [-0.1, -0.05) is 42.5 Å². The van der Waals surface area contributed by atoms with E-state index in [4.69, 9.17) is 11.5 Å². The Morgan fingerprint density at radius 2 is 1.28 bits per heavy atom. The highest BCUT2D eigenvalue weighted by molar-refractivity contribution is 7.80. The molecule has 0 bridgehead atoms. The van der Waals surface area contributed by atoms with Crippen LogP contribution in [-0.4, -0.2) is 69.7 Å². The van der Waals surface area contributed by atoms with Crippen molar-refractivity contribution >= 4 is 42.2 Å². The van der Waals surface area contributed by atoms with Gasteiger partial charge in [0.15, 0.2) is 0 Å². The second-order valence-corrected chi connectivity index (χ2v) is 9.24. The highest BCUT2D eigenvalue weighted by atomic mass is 32.1. The van der Waals surface area contributed by atoms with E-state index in [9.17, 15) is 34.2 Å². The van der Waals surface area contributed by atoms with Crippen LogP contribution in [0.4, 0.5) is 0 Å². The summed E-state index contributed by atoms with van der Waals surface area (Å²) in [5.74, 6) is -4.21. The predicted molar refractivity (Wildman–Crippen MR) is 146 cm³/mol. The Morgan fingerprint density at radius 1 is 0.769 bits per heavy atom. The van der Waals surface area contributed by atoms with Crippen molar-refractivity contribution in [2.75, 3.05) is 5.75 Å². The zero-order valence-corrected chi connectivity index (χ0v) is 22.0. The quantitative estimate of drug-likeness (QED) is 0.130. The van der Waals surface area contributed by atoms with E-state index in [1.807, 2.05) is 0 Å². The van der Waals surface area contributed by atoms with E-state index in [0.29, 0.717) is 11.1 Å². The molecule has 2 aromatic rings. The van der Waals surface area contributed by atoms with E-state index in [2.05, 4.69) is 28.6 Å². The monoisotopic (exact) mass is 559 g/mol. The summed E-state index contributed by atoms with van der Waals surface area (Å²) in [5, 5.41) is 26.6. The maximum Gasteiger partial charge on any atom is 0.326 e. The molecule has 4 unspecified atom stereocenters. The molecule has 2 aromatic carbocycles. The summed E-state index contributed by atoms with van der Waals surface area (Å²) in [6.45, 7) is 0. The third-order valence-corrected chi connectivity index (χ3v) is 6.13. The molecule has 0 aliphatic heterocycles. The van der Waals surface area contributed by atoms with Gasteiger partial charge in [0.2, 0.25) is 23.6 Å². The SMILES string of the molecule is NC(=O)CCC(N)C(=O)NC(CS)C(=O)NC(Cc1ccccc1)C(=O)NC(Cc1ccc(O)cc1)C(=O)O. The first-order chi connectivity index (χ1) is 18.5. The number of primary amides is 1. The van der Waals surface area contributed by atoms with Gasteiger partial charge in [-0.15, -0.1) is 0 Å². The smallest absolute Gasteiger partial charge is 0.326 e. The number of nitrogens with one attached hydrogen (secondary N) is 3. The molecule has 0 aliphatic rings. The normalized spacial score (nSPS) is 13.8. The van der Waals surface area contributed by atoms with Crippen LogP contribution >= 0.6 is 12.6 Å². The average molecular weight is 560 g/mol. The van der Waals surface area contributed by atoms with Gasteiger partial charge in [-0.25, -0.2) is 4.79 Å². The van der Waals surface area contributed by atoms with Crippen molar-refractivity contribution in [3.05, 3.63) is 65.7 Å². The van der Waals surface area contributed by atoms with Gasteiger partial charge in [0.05, 0.1) is 6.04 Å². The van der Waals surface area contributed by atoms with E-state index in [1.165, 1.54) is 24.3 Å². The van der Waals surface area contributed by atoms with Crippen molar-refractivity contribution < 1.29 is 34.2 Å². The molecule has 210 valence electrons. The largest absolute Gasteiger partial charge is 0.508 e. The maximum absolute atomic E-state index is 13.2. The number of thiol groups is 1. The van der Waals surface area contributed by atoms with Crippen LogP contribution in [0.25, 0.3) is 0 Å². The number of aromatic hydroxyl groups is 1. The Kier molecular flexibility index (Phi) is 12.2. The van der Waals surface area contributed by atoms with Gasteiger partial charge in [-0.3, -0.25) is 19.2 Å². The van der Waals surface area contributed by atoms with Crippen molar-refractivity contribution in [1.82, 2.24) is 16.0 Å². The Bertz CT molecular complexity index is 1150. The van der Waals surface area contributed by atoms with Crippen molar-refractivity contribution in [3.8, 4) is 5.75 Å². The minimum atomic E-state index is -1.32. The average Bonchev–Trinajstić information content (AvgIpc) is 2.90. The molecule has 9 N–H and O–H groups in total. The zero-order valence-electron chi connectivity index (χ0n) is 21.1. The molecule has 2 rings (SSSR count). The molecular formula is C26H33N5O7S. The Labute approximate surface area is 230 Å². The maximum atomic E-state index is 13.2. The lowest BCUT2D eigenvalue weighted by molar-refractivity contribution is -0.142. The van der Waals surface area contributed by atoms with E-state index in [0.717, 1.165) is 0 Å². The molecule has 0 heterocycles. The van der Waals surface area contributed by atoms with Gasteiger partial charge in [-0.05, 0) is 29.7 Å². The molecule has 0 saturated carbocycles. The molecule has 0 saturated heterocycles. The van der Waals surface area contributed by atoms with E-state index in [1.54, 1.807) is 30.3 Å². The molecule has 39 heavy (non-hydrogen) atoms. The molecule has 4 atom stereocenters. The summed E-state index contributed by atoms with van der Waals surface area (Å²) < 4.78 is 0. The number of benzene rings is 2. The van der Waals surface area contributed by atoms with Crippen LogP contribution in [0.15, 0.2) is 54.6 Å². The highest BCUT2D eigenvalue weighted by Gasteiger charge is 2.30. The number of carbonyl (C=O) groups excluding carboxylic acids is 4. The first kappa shape index (κ1) is 31.1. The Balaban J connectivity index is 2.16. The number of hydrogen-bond donors (Lipinski definition) is 8. The summed E-state index contributed by atoms with van der Waals surface area (Å²) >= 11 is 4.11. The third kappa shape index (κ3) is 10.7. The van der Waals surface area contributed by atoms with Gasteiger partial charge in [0, 0.05) is 25.0 Å². The van der Waals surface area contributed by atoms with Gasteiger partial charge in [0.1, 0.15) is 23.9 Å². The van der Waals surface area contributed by atoms with E-state index >= 15 is 0 Å². The first-order valence-electron chi connectivity index (χ1n) is 12.1. The molecule has 0 radical (unpaired) electrons. The molecular weight excluding hydrogens is 526 g/mol. The molecule has 4 amide bonds. The lowest BCUT2D eigenvalue weighted by Crippen LogP contribution is -2.58. The summed E-state index contributed by atoms with van der Waals surface area (Å²) in [7, 11) is 0. The van der Waals surface area contributed by atoms with Crippen LogP contribution in [0.3, 0.4) is 0 Å². The van der Waals surface area contributed by atoms with Crippen LogP contribution in [0.1, 0.15) is 24.0 Å². The molecule has 12 nitrogen and oxygen atoms in total. The van der Waals surface area contributed by atoms with Crippen molar-refractivity contribution in [3.63, 3.8) is 0 Å². The Hall–Kier alpha value is -4.10. The number of hydrogen-bond acceptors (Lipinski definition) is 8. The van der Waals surface area contributed by atoms with Crippen LogP contribution < -0.4 is 27.4 Å². The zero-order chi connectivity index (χ0) is 28.9. The number of phenolic OH excluding ortho intramolecular Hbond substituents is 1. The van der Waals surface area contributed by atoms with Crippen LogP contribution in [-0.2, 0) is 36.8 Å². The fourth-order valence-corrected chi connectivity index (χ4v) is 3.83. The summed E-state index contributed by atoms with van der Waals surface area (Å²) in [4.78, 5) is 61.5. The molecule has 0 aromatic heterocycles. The van der Waals surface area contributed by atoms with Gasteiger partial charge >= 0.3 is 5.97 Å². The number of rotatable bonds is 15. The Morgan fingerprint density at radius 3 is 1.85 bits per heavy atom. The second kappa shape index (κ2) is 15.3. The second-order valence-electron chi connectivity index (χ2n) is 8.88. The number of carboxylic acids is 1. The highest BCUT2D eigenvalue weighted by Crippen LogP contribution is 2.12. The molecule has 0 aliphatic carbocycles. The number of carboxylic acid groups (broad SMARTS) is 1. The number of nitrogens with two attached hydrogens (primary N) is 2. The lowest BCUT2D eigenvalue weighted by atomic mass is 10.0. The lowest BCUT2D eigenvalue weighted by Gasteiger charge is -2.25. The van der Waals surface area contributed by atoms with Gasteiger partial charge < -0.3 is 37.6 Å². The van der Waals surface area contributed by atoms with Gasteiger partial charge in [0.25, 0.3) is 0 Å². The van der Waals surface area contributed by atoms with Crippen molar-refractivity contribution in [2.24, 2.45) is 11.5 Å². The fourth-order valence-electron chi connectivity index (χ4n) is 3.57. The first-order valence-corrected chi connectivity index (χ1v) is 12.7. The van der Waals surface area contributed by atoms with Crippen LogP contribution in [0.5, 0.6) is 5.75 Å². The minimum Gasteiger partial charge on any atom is -0.508 e. The topological polar surface area (TPSA) is 214 Å². The molecule has 0 fully saturated rings. The van der Waals surface area contributed by atoms with Crippen molar-refractivity contribution in [1.29, 1.82) is 0 Å². The van der Waals surface area contributed by atoms with E-state index in [-0.39, 0.29) is 37.2 Å². The van der Waals surface area contributed by atoms with E-state index < -0.39 is 53.8 Å². The van der Waals surface area contributed by atoms with Crippen LogP contribution in [0.2, 0.25) is 0 Å². The summed E-state index contributed by atoms with van der Waals surface area (Å²) in [6.07, 6.45) is -0.152. The summed E-state index contributed by atoms with van der Waals surface area (Å²) in [6, 6.07) is 9.88. The number of amides is 4. The summed E-state index contributed by atoms with van der Waals surface area (Å²) in [5.41, 5.74) is 12.1. The molecule has 13 heteroatoms. The van der Waals surface area contributed by atoms with Crippen molar-refractivity contribution in [2.45, 2.75) is 49.9 Å². The third-order valence-electron chi connectivity index (χ3n) is 5.76. The molecule has 0 spiro atoms.